The summed E-state index contributed by atoms with van der Waals surface area (Å²) in [6.07, 6.45) is -13.1. The van der Waals surface area contributed by atoms with Gasteiger partial charge < -0.3 is 59.1 Å². The molecule has 0 aliphatic carbocycles. The quantitative estimate of drug-likeness (QED) is 0.196. The van der Waals surface area contributed by atoms with Gasteiger partial charge in [-0.25, -0.2) is 0 Å². The highest BCUT2D eigenvalue weighted by Gasteiger charge is 2.47. The summed E-state index contributed by atoms with van der Waals surface area (Å²) in [5.41, 5.74) is 0.701. The van der Waals surface area contributed by atoms with Gasteiger partial charge in [0.15, 0.2) is 11.7 Å². The van der Waals surface area contributed by atoms with Crippen LogP contribution in [0.1, 0.15) is 6.92 Å². The van der Waals surface area contributed by atoms with Crippen molar-refractivity contribution in [3.8, 4) is 22.6 Å². The number of aliphatic hydroxyl groups excluding tert-OH is 6. The first kappa shape index (κ1) is 28.4. The Morgan fingerprint density at radius 2 is 1.48 bits per heavy atom. The number of ether oxygens (including phenoxy) is 4. The number of phenolic OH excluding ortho intramolecular Hbond substituents is 1. The summed E-state index contributed by atoms with van der Waals surface area (Å²) in [6.45, 7) is 1.04. The van der Waals surface area contributed by atoms with E-state index in [1.54, 1.807) is 12.1 Å². The molecule has 13 nitrogen and oxygen atoms in total. The monoisotopic (exact) mass is 562 g/mol. The second-order valence-corrected chi connectivity index (χ2v) is 9.83. The molecular weight excluding hydrogens is 532 g/mol. The number of hydrogen-bond donors (Lipinski definition) is 7. The Hall–Kier alpha value is -3.11. The van der Waals surface area contributed by atoms with E-state index in [1.807, 2.05) is 0 Å². The van der Waals surface area contributed by atoms with Crippen molar-refractivity contribution in [2.24, 2.45) is 0 Å². The summed E-state index contributed by atoms with van der Waals surface area (Å²) in [4.78, 5) is 13.0. The summed E-state index contributed by atoms with van der Waals surface area (Å²) in [5, 5.41) is 70.9. The first-order valence-electron chi connectivity index (χ1n) is 12.6. The Bertz CT molecular complexity index is 1380. The lowest BCUT2D eigenvalue weighted by atomic mass is 9.98. The Morgan fingerprint density at radius 1 is 0.800 bits per heavy atom. The van der Waals surface area contributed by atoms with E-state index >= 15 is 0 Å². The van der Waals surface area contributed by atoms with Gasteiger partial charge in [-0.1, -0.05) is 12.1 Å². The van der Waals surface area contributed by atoms with E-state index in [2.05, 4.69) is 0 Å². The van der Waals surface area contributed by atoms with Crippen LogP contribution < -0.4 is 10.2 Å². The minimum atomic E-state index is -1.69. The Morgan fingerprint density at radius 3 is 2.20 bits per heavy atom. The minimum Gasteiger partial charge on any atom is -0.508 e. The van der Waals surface area contributed by atoms with Crippen molar-refractivity contribution in [3.05, 3.63) is 59.0 Å². The molecule has 2 fully saturated rings. The summed E-state index contributed by atoms with van der Waals surface area (Å²) in [6, 6.07) is 10.4. The van der Waals surface area contributed by atoms with Crippen molar-refractivity contribution in [3.63, 3.8) is 0 Å². The Labute approximate surface area is 227 Å². The maximum atomic E-state index is 13.0. The molecule has 5 rings (SSSR count). The lowest BCUT2D eigenvalue weighted by molar-refractivity contribution is -0.318. The van der Waals surface area contributed by atoms with Gasteiger partial charge in [-0.3, -0.25) is 4.79 Å². The number of benzene rings is 2. The van der Waals surface area contributed by atoms with Gasteiger partial charge in [0.2, 0.25) is 6.29 Å². The van der Waals surface area contributed by atoms with E-state index in [0.29, 0.717) is 5.56 Å². The molecule has 3 aromatic rings. The lowest BCUT2D eigenvalue weighted by Crippen LogP contribution is -2.61. The third-order valence-corrected chi connectivity index (χ3v) is 7.08. The zero-order valence-corrected chi connectivity index (χ0v) is 21.2. The molecule has 3 heterocycles. The molecule has 0 saturated carbocycles. The predicted octanol–water partition coefficient (Wildman–Crippen LogP) is -0.804. The first-order chi connectivity index (χ1) is 19.0. The van der Waals surface area contributed by atoms with Crippen molar-refractivity contribution < 1.29 is 59.1 Å². The van der Waals surface area contributed by atoms with Crippen LogP contribution in [0.15, 0.2) is 57.9 Å². The molecule has 0 radical (unpaired) electrons. The molecule has 0 amide bonds. The highest BCUT2D eigenvalue weighted by atomic mass is 16.7. The fourth-order valence-corrected chi connectivity index (χ4v) is 4.65. The third-order valence-electron chi connectivity index (χ3n) is 7.08. The third kappa shape index (κ3) is 5.43. The highest BCUT2D eigenvalue weighted by Crippen LogP contribution is 2.29. The van der Waals surface area contributed by atoms with Crippen LogP contribution in [0.3, 0.4) is 0 Å². The molecule has 216 valence electrons. The van der Waals surface area contributed by atoms with Gasteiger partial charge in [0.05, 0.1) is 23.7 Å². The fourth-order valence-electron chi connectivity index (χ4n) is 4.65. The summed E-state index contributed by atoms with van der Waals surface area (Å²) in [7, 11) is 0. The Kier molecular flexibility index (Phi) is 8.10. The van der Waals surface area contributed by atoms with Crippen LogP contribution in [-0.2, 0) is 14.2 Å². The zero-order chi connectivity index (χ0) is 28.7. The van der Waals surface area contributed by atoms with Crippen molar-refractivity contribution in [2.45, 2.75) is 68.3 Å². The van der Waals surface area contributed by atoms with Gasteiger partial charge in [0.25, 0.3) is 0 Å². The van der Waals surface area contributed by atoms with E-state index in [1.165, 1.54) is 43.5 Å². The van der Waals surface area contributed by atoms with Crippen LogP contribution in [-0.4, -0.2) is 104 Å². The summed E-state index contributed by atoms with van der Waals surface area (Å²) < 4.78 is 27.8. The number of phenols is 1. The SMILES string of the molecule is C[C@H]1O[C@H](OC[C@H]2O[C@@H](Oc3ccc4c(=O)c(-c5ccc(O)cc5)coc4c3)[C@H](O)[C@@H](O)[C@@H]2O)[C@@H](O)[C@@H](O)[C@@H]1O. The minimum absolute atomic E-state index is 0.0578. The number of aromatic hydroxyl groups is 1. The molecule has 2 aliphatic rings. The summed E-state index contributed by atoms with van der Waals surface area (Å²) in [5.74, 6) is 0.180. The first-order valence-corrected chi connectivity index (χ1v) is 12.6. The molecule has 1 aromatic heterocycles. The molecule has 2 saturated heterocycles. The van der Waals surface area contributed by atoms with Gasteiger partial charge in [-0.05, 0) is 36.8 Å². The number of aliphatic hydroxyl groups is 6. The maximum Gasteiger partial charge on any atom is 0.229 e. The van der Waals surface area contributed by atoms with E-state index in [0.717, 1.165) is 0 Å². The van der Waals surface area contributed by atoms with Gasteiger partial charge >= 0.3 is 0 Å². The van der Waals surface area contributed by atoms with E-state index in [-0.39, 0.29) is 33.5 Å². The normalized spacial score (nSPS) is 34.6. The van der Waals surface area contributed by atoms with Crippen molar-refractivity contribution in [1.82, 2.24) is 0 Å². The molecule has 2 aliphatic heterocycles. The standard InChI is InChI=1S/C27H30O13/c1-11-19(29)22(32)24(34)26(38-11)37-10-18-21(31)23(33)25(35)27(40-18)39-14-6-7-15-17(8-14)36-9-16(20(15)30)12-2-4-13(28)5-3-12/h2-9,11,18-19,21-29,31-35H,10H2,1H3/t11-,18-,19-,21-,22+,23+,24+,25-,26+,27-/m1/s1. The molecule has 10 atom stereocenters. The van der Waals surface area contributed by atoms with E-state index < -0.39 is 68.0 Å². The fraction of sp³-hybridized carbons (Fsp3) is 0.444. The van der Waals surface area contributed by atoms with E-state index in [9.17, 15) is 40.5 Å². The van der Waals surface area contributed by atoms with Crippen LogP contribution >= 0.6 is 0 Å². The largest absolute Gasteiger partial charge is 0.508 e. The number of fused-ring (bicyclic) bond motifs is 1. The lowest BCUT2D eigenvalue weighted by Gasteiger charge is -2.42. The second-order valence-electron chi connectivity index (χ2n) is 9.83. The van der Waals surface area contributed by atoms with E-state index in [4.69, 9.17) is 23.4 Å². The predicted molar refractivity (Wildman–Crippen MR) is 135 cm³/mol. The molecule has 0 unspecified atom stereocenters. The van der Waals surface area contributed by atoms with Gasteiger partial charge in [-0.2, -0.15) is 0 Å². The Balaban J connectivity index is 1.30. The molecule has 2 aromatic carbocycles. The van der Waals surface area contributed by atoms with Crippen molar-refractivity contribution in [2.75, 3.05) is 6.61 Å². The van der Waals surface area contributed by atoms with Gasteiger partial charge in [0.1, 0.15) is 66.1 Å². The van der Waals surface area contributed by atoms with Gasteiger partial charge in [0, 0.05) is 6.07 Å². The topological polar surface area (TPSA) is 209 Å². The van der Waals surface area contributed by atoms with Crippen LogP contribution in [0, 0.1) is 0 Å². The molecular formula is C27H30O13. The van der Waals surface area contributed by atoms with Crippen LogP contribution in [0.2, 0.25) is 0 Å². The summed E-state index contributed by atoms with van der Waals surface area (Å²) >= 11 is 0. The van der Waals surface area contributed by atoms with Crippen molar-refractivity contribution in [1.29, 1.82) is 0 Å². The average molecular weight is 563 g/mol. The number of rotatable bonds is 6. The second kappa shape index (κ2) is 11.4. The van der Waals surface area contributed by atoms with Crippen LogP contribution in [0.5, 0.6) is 11.5 Å². The number of hydrogen-bond acceptors (Lipinski definition) is 13. The zero-order valence-electron chi connectivity index (χ0n) is 21.2. The molecule has 0 spiro atoms. The molecule has 7 N–H and O–H groups in total. The smallest absolute Gasteiger partial charge is 0.229 e. The molecule has 40 heavy (non-hydrogen) atoms. The molecule has 0 bridgehead atoms. The average Bonchev–Trinajstić information content (AvgIpc) is 2.94. The molecule has 13 heteroatoms. The van der Waals surface area contributed by atoms with Crippen LogP contribution in [0.25, 0.3) is 22.1 Å². The van der Waals surface area contributed by atoms with Crippen LogP contribution in [0.4, 0.5) is 0 Å². The van der Waals surface area contributed by atoms with Crippen molar-refractivity contribution >= 4 is 11.0 Å². The maximum absolute atomic E-state index is 13.0. The highest BCUT2D eigenvalue weighted by molar-refractivity contribution is 5.82. The van der Waals surface area contributed by atoms with Gasteiger partial charge in [-0.15, -0.1) is 0 Å².